The van der Waals surface area contributed by atoms with Crippen molar-refractivity contribution in [3.63, 3.8) is 0 Å². The van der Waals surface area contributed by atoms with Crippen LogP contribution in [-0.4, -0.2) is 23.1 Å². The highest BCUT2D eigenvalue weighted by Crippen LogP contribution is 2.36. The van der Waals surface area contributed by atoms with Gasteiger partial charge in [-0.2, -0.15) is 24.9 Å². The molecular weight excluding hydrogens is 217 g/mol. The predicted molar refractivity (Wildman–Crippen MR) is 44.6 cm³/mol. The van der Waals surface area contributed by atoms with Gasteiger partial charge in [0.1, 0.15) is 0 Å². The summed E-state index contributed by atoms with van der Waals surface area (Å²) >= 11 is 1.41. The van der Waals surface area contributed by atoms with Crippen molar-refractivity contribution < 1.29 is 23.1 Å². The zero-order chi connectivity index (χ0) is 10.8. The first-order valence-electron chi connectivity index (χ1n) is 4.30. The first-order chi connectivity index (χ1) is 6.41. The molecule has 1 rings (SSSR count). The van der Waals surface area contributed by atoms with Crippen LogP contribution in [0.3, 0.4) is 0 Å². The van der Waals surface area contributed by atoms with Gasteiger partial charge < -0.3 is 9.90 Å². The Kier molecular flexibility index (Phi) is 3.69. The van der Waals surface area contributed by atoms with Crippen LogP contribution in [0.25, 0.3) is 0 Å². The first-order valence-corrected chi connectivity index (χ1v) is 5.35. The van der Waals surface area contributed by atoms with E-state index in [1.54, 1.807) is 0 Å². The van der Waals surface area contributed by atoms with Gasteiger partial charge in [-0.25, -0.2) is 0 Å². The zero-order valence-corrected chi connectivity index (χ0v) is 8.16. The molecule has 1 aliphatic rings. The highest BCUT2D eigenvalue weighted by molar-refractivity contribution is 8.00. The number of aliphatic carboxylic acids is 1. The molecule has 0 spiro atoms. The van der Waals surface area contributed by atoms with Crippen LogP contribution >= 0.6 is 11.8 Å². The van der Waals surface area contributed by atoms with Gasteiger partial charge in [0.05, 0.1) is 11.9 Å². The van der Waals surface area contributed by atoms with Gasteiger partial charge in [-0.1, -0.05) is 0 Å². The molecule has 0 radical (unpaired) electrons. The summed E-state index contributed by atoms with van der Waals surface area (Å²) in [4.78, 5) is 10.3. The monoisotopic (exact) mass is 227 g/mol. The summed E-state index contributed by atoms with van der Waals surface area (Å²) in [7, 11) is 0. The molecule has 14 heavy (non-hydrogen) atoms. The molecule has 82 valence electrons. The average molecular weight is 227 g/mol. The van der Waals surface area contributed by atoms with Crippen LogP contribution in [0.1, 0.15) is 19.3 Å². The second kappa shape index (κ2) is 4.42. The SMILES string of the molecule is O=C([O-])[C@@H](C[C@@H]1CCCS1)C(F)(F)F. The minimum atomic E-state index is -4.68. The van der Waals surface area contributed by atoms with Crippen LogP contribution in [0.5, 0.6) is 0 Å². The van der Waals surface area contributed by atoms with E-state index in [-0.39, 0.29) is 11.7 Å². The molecule has 0 N–H and O–H groups in total. The van der Waals surface area contributed by atoms with Crippen molar-refractivity contribution in [3.05, 3.63) is 0 Å². The molecule has 0 aromatic carbocycles. The number of carbonyl (C=O) groups is 1. The van der Waals surface area contributed by atoms with E-state index in [9.17, 15) is 23.1 Å². The van der Waals surface area contributed by atoms with Crippen molar-refractivity contribution in [2.75, 3.05) is 5.75 Å². The second-order valence-corrected chi connectivity index (χ2v) is 4.69. The van der Waals surface area contributed by atoms with Crippen LogP contribution in [0.15, 0.2) is 0 Å². The molecule has 0 saturated carbocycles. The number of carboxylic acid groups (broad SMARTS) is 1. The van der Waals surface area contributed by atoms with E-state index in [2.05, 4.69) is 0 Å². The lowest BCUT2D eigenvalue weighted by Gasteiger charge is -2.23. The number of halogens is 3. The molecule has 1 aliphatic heterocycles. The summed E-state index contributed by atoms with van der Waals surface area (Å²) in [5, 5.41) is 10.1. The van der Waals surface area contributed by atoms with Gasteiger partial charge in [-0.3, -0.25) is 0 Å². The molecule has 0 aromatic heterocycles. The van der Waals surface area contributed by atoms with E-state index in [0.717, 1.165) is 12.2 Å². The molecule has 0 unspecified atom stereocenters. The van der Waals surface area contributed by atoms with Gasteiger partial charge in [0.25, 0.3) is 0 Å². The molecule has 1 fully saturated rings. The highest BCUT2D eigenvalue weighted by atomic mass is 32.2. The smallest absolute Gasteiger partial charge is 0.396 e. The summed E-state index contributed by atoms with van der Waals surface area (Å²) in [6.07, 6.45) is -3.49. The van der Waals surface area contributed by atoms with Gasteiger partial charge >= 0.3 is 6.18 Å². The number of hydrogen-bond donors (Lipinski definition) is 0. The van der Waals surface area contributed by atoms with Crippen molar-refractivity contribution in [2.45, 2.75) is 30.7 Å². The maximum atomic E-state index is 12.2. The normalized spacial score (nSPS) is 24.9. The van der Waals surface area contributed by atoms with E-state index < -0.39 is 18.1 Å². The van der Waals surface area contributed by atoms with Crippen molar-refractivity contribution in [1.29, 1.82) is 0 Å². The third kappa shape index (κ3) is 3.08. The molecule has 6 heteroatoms. The Morgan fingerprint density at radius 3 is 2.57 bits per heavy atom. The molecular formula is C8H10F3O2S-. The van der Waals surface area contributed by atoms with Crippen LogP contribution < -0.4 is 5.11 Å². The number of carboxylic acids is 1. The lowest BCUT2D eigenvalue weighted by molar-refractivity contribution is -0.326. The summed E-state index contributed by atoms with van der Waals surface area (Å²) in [6.45, 7) is 0. The molecule has 0 amide bonds. The van der Waals surface area contributed by atoms with Crippen LogP contribution in [-0.2, 0) is 4.79 Å². The molecule has 0 bridgehead atoms. The van der Waals surface area contributed by atoms with Crippen molar-refractivity contribution in [3.8, 4) is 0 Å². The predicted octanol–water partition coefficient (Wildman–Crippen LogP) is 1.20. The molecule has 0 aliphatic carbocycles. The van der Waals surface area contributed by atoms with E-state index in [1.165, 1.54) is 11.8 Å². The lowest BCUT2D eigenvalue weighted by Crippen LogP contribution is -2.41. The van der Waals surface area contributed by atoms with Gasteiger partial charge in [-0.05, 0) is 25.0 Å². The van der Waals surface area contributed by atoms with E-state index >= 15 is 0 Å². The molecule has 2 nitrogen and oxygen atoms in total. The summed E-state index contributed by atoms with van der Waals surface area (Å²) in [6, 6.07) is 0. The maximum absolute atomic E-state index is 12.2. The number of alkyl halides is 3. The Morgan fingerprint density at radius 2 is 2.21 bits per heavy atom. The Labute approximate surface area is 83.9 Å². The van der Waals surface area contributed by atoms with Crippen LogP contribution in [0, 0.1) is 5.92 Å². The fraction of sp³-hybridized carbons (Fsp3) is 0.875. The Hall–Kier alpha value is -0.390. The van der Waals surface area contributed by atoms with Gasteiger partial charge in [0.2, 0.25) is 0 Å². The van der Waals surface area contributed by atoms with Gasteiger partial charge in [0.15, 0.2) is 0 Å². The van der Waals surface area contributed by atoms with Crippen LogP contribution in [0.2, 0.25) is 0 Å². The molecule has 2 atom stereocenters. The number of rotatable bonds is 3. The van der Waals surface area contributed by atoms with Crippen LogP contribution in [0.4, 0.5) is 13.2 Å². The minimum Gasteiger partial charge on any atom is -0.550 e. The number of carbonyl (C=O) groups excluding carboxylic acids is 1. The van der Waals surface area contributed by atoms with Gasteiger partial charge in [-0.15, -0.1) is 0 Å². The minimum absolute atomic E-state index is 0.181. The standard InChI is InChI=1S/C8H11F3O2S/c9-8(10,11)6(7(12)13)4-5-2-1-3-14-5/h5-6H,1-4H2,(H,12,13)/p-1/t5-,6+/m0/s1. The number of thioether (sulfide) groups is 1. The molecule has 1 saturated heterocycles. The first kappa shape index (κ1) is 11.7. The number of hydrogen-bond acceptors (Lipinski definition) is 3. The topological polar surface area (TPSA) is 40.1 Å². The highest BCUT2D eigenvalue weighted by Gasteiger charge is 2.42. The molecule has 1 heterocycles. The summed E-state index contributed by atoms with van der Waals surface area (Å²) in [5.41, 5.74) is 0. The Morgan fingerprint density at radius 1 is 1.57 bits per heavy atom. The van der Waals surface area contributed by atoms with E-state index in [1.807, 2.05) is 0 Å². The Bertz CT molecular complexity index is 211. The summed E-state index contributed by atoms with van der Waals surface area (Å²) in [5.74, 6) is -3.49. The fourth-order valence-electron chi connectivity index (χ4n) is 1.46. The van der Waals surface area contributed by atoms with Crippen molar-refractivity contribution in [1.82, 2.24) is 0 Å². The van der Waals surface area contributed by atoms with Gasteiger partial charge in [0, 0.05) is 5.25 Å². The average Bonchev–Trinajstić information content (AvgIpc) is 2.48. The Balaban J connectivity index is 2.55. The fourth-order valence-corrected chi connectivity index (χ4v) is 2.79. The van der Waals surface area contributed by atoms with E-state index in [4.69, 9.17) is 0 Å². The molecule has 0 aromatic rings. The van der Waals surface area contributed by atoms with E-state index in [0.29, 0.717) is 6.42 Å². The third-order valence-corrected chi connectivity index (χ3v) is 3.63. The quantitative estimate of drug-likeness (QED) is 0.727. The third-order valence-electron chi connectivity index (χ3n) is 2.20. The summed E-state index contributed by atoms with van der Waals surface area (Å²) < 4.78 is 36.6. The second-order valence-electron chi connectivity index (χ2n) is 3.28. The van der Waals surface area contributed by atoms with Crippen molar-refractivity contribution >= 4 is 17.7 Å². The largest absolute Gasteiger partial charge is 0.550 e. The van der Waals surface area contributed by atoms with Crippen molar-refractivity contribution in [2.24, 2.45) is 5.92 Å². The lowest BCUT2D eigenvalue weighted by atomic mass is 10.0. The zero-order valence-electron chi connectivity index (χ0n) is 7.34. The maximum Gasteiger partial charge on any atom is 0.396 e.